The fourth-order valence-electron chi connectivity index (χ4n) is 2.42. The molecule has 0 aliphatic carbocycles. The Labute approximate surface area is 157 Å². The average molecular weight is 374 g/mol. The molecule has 3 aromatic rings. The Bertz CT molecular complexity index is 807. The Hall–Kier alpha value is -1.82. The molecule has 0 aliphatic heterocycles. The molecule has 0 aliphatic rings. The molecule has 0 unspecified atom stereocenters. The molecule has 0 atom stereocenters. The van der Waals surface area contributed by atoms with Gasteiger partial charge in [0, 0.05) is 28.7 Å². The number of furan rings is 1. The van der Waals surface area contributed by atoms with Gasteiger partial charge in [-0.2, -0.15) is 0 Å². The minimum Gasteiger partial charge on any atom is -0.460 e. The fraction of sp³-hybridized carbons (Fsp3) is 0.263. The number of hydrogen-bond acceptors (Lipinski definition) is 5. The third kappa shape index (κ3) is 5.08. The van der Waals surface area contributed by atoms with Gasteiger partial charge < -0.3 is 9.73 Å². The summed E-state index contributed by atoms with van der Waals surface area (Å²) >= 11 is 7.85. The second-order valence-electron chi connectivity index (χ2n) is 5.59. The van der Waals surface area contributed by atoms with E-state index >= 15 is 0 Å². The van der Waals surface area contributed by atoms with Crippen molar-refractivity contribution in [3.8, 4) is 11.3 Å². The van der Waals surface area contributed by atoms with Crippen LogP contribution in [0.4, 0.5) is 0 Å². The second kappa shape index (κ2) is 9.04. The second-order valence-corrected chi connectivity index (χ2v) is 7.06. The van der Waals surface area contributed by atoms with Gasteiger partial charge in [-0.15, -0.1) is 0 Å². The first-order valence-electron chi connectivity index (χ1n) is 8.19. The Morgan fingerprint density at radius 1 is 1.12 bits per heavy atom. The van der Waals surface area contributed by atoms with Crippen molar-refractivity contribution in [2.24, 2.45) is 0 Å². The predicted octanol–water partition coefficient (Wildman–Crippen LogP) is 4.97. The van der Waals surface area contributed by atoms with E-state index in [4.69, 9.17) is 16.0 Å². The van der Waals surface area contributed by atoms with Crippen LogP contribution in [0.25, 0.3) is 11.3 Å². The normalized spacial score (nSPS) is 11.0. The summed E-state index contributed by atoms with van der Waals surface area (Å²) in [4.78, 5) is 8.39. The summed E-state index contributed by atoms with van der Waals surface area (Å²) in [5.41, 5.74) is 2.08. The highest BCUT2D eigenvalue weighted by Crippen LogP contribution is 2.29. The van der Waals surface area contributed by atoms with Gasteiger partial charge >= 0.3 is 0 Å². The predicted molar refractivity (Wildman–Crippen MR) is 103 cm³/mol. The molecule has 0 radical (unpaired) electrons. The first-order chi connectivity index (χ1) is 12.2. The molecular weight excluding hydrogens is 354 g/mol. The largest absolute Gasteiger partial charge is 0.460 e. The van der Waals surface area contributed by atoms with Crippen molar-refractivity contribution in [2.75, 3.05) is 12.3 Å². The van der Waals surface area contributed by atoms with Crippen LogP contribution in [0.5, 0.6) is 0 Å². The van der Waals surface area contributed by atoms with Crippen LogP contribution >= 0.6 is 23.4 Å². The summed E-state index contributed by atoms with van der Waals surface area (Å²) in [5, 5.41) is 4.99. The highest BCUT2D eigenvalue weighted by Gasteiger charge is 2.09. The molecule has 0 bridgehead atoms. The summed E-state index contributed by atoms with van der Waals surface area (Å²) in [6.45, 7) is 3.64. The minimum absolute atomic E-state index is 0.714. The molecule has 0 saturated heterocycles. The molecule has 130 valence electrons. The summed E-state index contributed by atoms with van der Waals surface area (Å²) in [7, 11) is 0. The van der Waals surface area contributed by atoms with Crippen LogP contribution in [-0.4, -0.2) is 22.3 Å². The summed E-state index contributed by atoms with van der Waals surface area (Å²) in [5.74, 6) is 2.77. The molecule has 1 aromatic carbocycles. The third-order valence-corrected chi connectivity index (χ3v) is 5.14. The molecule has 2 heterocycles. The SMILES string of the molecule is Cc1c(Cl)cccc1-c1ccc(CNCCCSc2ncccn2)o1. The van der Waals surface area contributed by atoms with E-state index in [1.807, 2.05) is 43.3 Å². The lowest BCUT2D eigenvalue weighted by Gasteiger charge is -2.05. The van der Waals surface area contributed by atoms with Crippen LogP contribution in [0.3, 0.4) is 0 Å². The maximum atomic E-state index is 6.18. The Morgan fingerprint density at radius 3 is 2.80 bits per heavy atom. The monoisotopic (exact) mass is 373 g/mol. The minimum atomic E-state index is 0.714. The molecule has 0 spiro atoms. The van der Waals surface area contributed by atoms with Gasteiger partial charge in [0.2, 0.25) is 0 Å². The molecule has 0 fully saturated rings. The van der Waals surface area contributed by atoms with E-state index in [0.29, 0.717) is 6.54 Å². The van der Waals surface area contributed by atoms with E-state index in [-0.39, 0.29) is 0 Å². The van der Waals surface area contributed by atoms with Gasteiger partial charge in [-0.25, -0.2) is 9.97 Å². The van der Waals surface area contributed by atoms with Crippen LogP contribution in [0.1, 0.15) is 17.7 Å². The number of halogens is 1. The van der Waals surface area contributed by atoms with Gasteiger partial charge in [-0.05, 0) is 49.7 Å². The van der Waals surface area contributed by atoms with Crippen molar-refractivity contribution in [1.29, 1.82) is 0 Å². The van der Waals surface area contributed by atoms with Crippen molar-refractivity contribution in [3.63, 3.8) is 0 Å². The van der Waals surface area contributed by atoms with E-state index in [0.717, 1.165) is 51.5 Å². The molecular formula is C19H20ClN3OS. The van der Waals surface area contributed by atoms with Gasteiger partial charge in [0.1, 0.15) is 11.5 Å². The van der Waals surface area contributed by atoms with Gasteiger partial charge in [-0.3, -0.25) is 0 Å². The summed E-state index contributed by atoms with van der Waals surface area (Å²) in [6.07, 6.45) is 4.58. The van der Waals surface area contributed by atoms with Gasteiger partial charge in [0.05, 0.1) is 6.54 Å². The molecule has 0 saturated carbocycles. The lowest BCUT2D eigenvalue weighted by Crippen LogP contribution is -2.14. The number of aromatic nitrogens is 2. The number of thioether (sulfide) groups is 1. The van der Waals surface area contributed by atoms with Crippen LogP contribution in [0, 0.1) is 6.92 Å². The zero-order valence-corrected chi connectivity index (χ0v) is 15.6. The molecule has 1 N–H and O–H groups in total. The third-order valence-electron chi connectivity index (χ3n) is 3.77. The fourth-order valence-corrected chi connectivity index (χ4v) is 3.34. The van der Waals surface area contributed by atoms with Crippen molar-refractivity contribution < 1.29 is 4.42 Å². The van der Waals surface area contributed by atoms with Gasteiger partial charge in [-0.1, -0.05) is 35.5 Å². The van der Waals surface area contributed by atoms with Crippen molar-refractivity contribution in [1.82, 2.24) is 15.3 Å². The van der Waals surface area contributed by atoms with E-state index in [9.17, 15) is 0 Å². The van der Waals surface area contributed by atoms with E-state index in [1.54, 1.807) is 24.2 Å². The Kier molecular flexibility index (Phi) is 6.50. The lowest BCUT2D eigenvalue weighted by molar-refractivity contribution is 0.493. The van der Waals surface area contributed by atoms with Crippen molar-refractivity contribution in [2.45, 2.75) is 25.0 Å². The topological polar surface area (TPSA) is 51.0 Å². The number of hydrogen-bond donors (Lipinski definition) is 1. The number of rotatable bonds is 8. The molecule has 25 heavy (non-hydrogen) atoms. The Morgan fingerprint density at radius 2 is 1.96 bits per heavy atom. The van der Waals surface area contributed by atoms with E-state index in [2.05, 4.69) is 15.3 Å². The van der Waals surface area contributed by atoms with Gasteiger partial charge in [0.15, 0.2) is 5.16 Å². The Balaban J connectivity index is 1.42. The first kappa shape index (κ1) is 18.0. The average Bonchev–Trinajstić information content (AvgIpc) is 3.10. The highest BCUT2D eigenvalue weighted by atomic mass is 35.5. The summed E-state index contributed by atoms with van der Waals surface area (Å²) in [6, 6.07) is 11.7. The van der Waals surface area contributed by atoms with Crippen LogP contribution in [0.2, 0.25) is 5.02 Å². The number of nitrogens with one attached hydrogen (secondary N) is 1. The van der Waals surface area contributed by atoms with Crippen molar-refractivity contribution >= 4 is 23.4 Å². The van der Waals surface area contributed by atoms with E-state index in [1.165, 1.54) is 0 Å². The molecule has 4 nitrogen and oxygen atoms in total. The molecule has 0 amide bonds. The zero-order valence-electron chi connectivity index (χ0n) is 14.0. The van der Waals surface area contributed by atoms with Crippen LogP contribution in [-0.2, 0) is 6.54 Å². The quantitative estimate of drug-likeness (QED) is 0.343. The van der Waals surface area contributed by atoms with Crippen LogP contribution in [0.15, 0.2) is 58.4 Å². The lowest BCUT2D eigenvalue weighted by atomic mass is 10.1. The highest BCUT2D eigenvalue weighted by molar-refractivity contribution is 7.99. The molecule has 2 aromatic heterocycles. The summed E-state index contributed by atoms with van der Waals surface area (Å²) < 4.78 is 5.94. The van der Waals surface area contributed by atoms with Crippen molar-refractivity contribution in [3.05, 3.63) is 65.1 Å². The first-order valence-corrected chi connectivity index (χ1v) is 9.55. The number of benzene rings is 1. The van der Waals surface area contributed by atoms with Gasteiger partial charge in [0.25, 0.3) is 0 Å². The standard InChI is InChI=1S/C19H20ClN3OS/c1-14-16(5-2-6-17(14)20)18-8-7-15(24-18)13-21-9-4-12-25-19-22-10-3-11-23-19/h2-3,5-8,10-11,21H,4,9,12-13H2,1H3. The zero-order chi connectivity index (χ0) is 17.5. The maximum Gasteiger partial charge on any atom is 0.187 e. The molecule has 6 heteroatoms. The van der Waals surface area contributed by atoms with E-state index < -0.39 is 0 Å². The maximum absolute atomic E-state index is 6.18. The molecule has 3 rings (SSSR count). The van der Waals surface area contributed by atoms with Crippen LogP contribution < -0.4 is 5.32 Å². The smallest absolute Gasteiger partial charge is 0.187 e. The number of nitrogens with zero attached hydrogens (tertiary/aromatic N) is 2.